The van der Waals surface area contributed by atoms with E-state index in [-0.39, 0.29) is 0 Å². The standard InChI is InChI=1S/C53H35N3O/c54-47-30-14-29-46-51(47)57-50-40(25-13-28-45(50)53(46)43-26-9-7-23-41(43)42-24-8-10-27-44(42)53)37-20-12-22-39(32-37)52-55-48(35-17-5-2-6-18-35)33-49(56-52)38-21-11-19-36(31-38)34-15-3-1-4-16-34/h1-33H,54H2. The number of rotatable bonds is 5. The Labute approximate surface area is 331 Å². The van der Waals surface area contributed by atoms with E-state index in [0.717, 1.165) is 67.2 Å². The molecule has 0 bridgehead atoms. The molecule has 0 fully saturated rings. The summed E-state index contributed by atoms with van der Waals surface area (Å²) in [6.07, 6.45) is 0. The normalized spacial score (nSPS) is 12.9. The minimum Gasteiger partial charge on any atom is -0.454 e. The molecule has 9 aromatic rings. The van der Waals surface area contributed by atoms with Gasteiger partial charge in [0.1, 0.15) is 5.75 Å². The summed E-state index contributed by atoms with van der Waals surface area (Å²) in [5.74, 6) is 2.14. The van der Waals surface area contributed by atoms with Crippen LogP contribution >= 0.6 is 0 Å². The first kappa shape index (κ1) is 32.8. The van der Waals surface area contributed by atoms with Crippen LogP contribution < -0.4 is 10.5 Å². The van der Waals surface area contributed by atoms with Gasteiger partial charge in [-0.1, -0.05) is 176 Å². The predicted octanol–water partition coefficient (Wildman–Crippen LogP) is 12.9. The Balaban J connectivity index is 1.09. The van der Waals surface area contributed by atoms with Gasteiger partial charge < -0.3 is 10.5 Å². The molecule has 1 aromatic heterocycles. The molecule has 0 saturated carbocycles. The summed E-state index contributed by atoms with van der Waals surface area (Å²) in [7, 11) is 0. The molecule has 4 nitrogen and oxygen atoms in total. The van der Waals surface area contributed by atoms with Gasteiger partial charge in [0.25, 0.3) is 0 Å². The Kier molecular flexibility index (Phi) is 7.51. The number of nitrogens with two attached hydrogens (primary N) is 1. The Hall–Kier alpha value is -7.56. The molecule has 268 valence electrons. The number of aromatic nitrogens is 2. The van der Waals surface area contributed by atoms with Gasteiger partial charge in [0.2, 0.25) is 0 Å². The zero-order chi connectivity index (χ0) is 37.9. The van der Waals surface area contributed by atoms with Crippen molar-refractivity contribution in [1.29, 1.82) is 0 Å². The van der Waals surface area contributed by atoms with E-state index in [1.165, 1.54) is 22.3 Å². The van der Waals surface area contributed by atoms with Crippen LogP contribution in [0.4, 0.5) is 5.69 Å². The van der Waals surface area contributed by atoms with E-state index < -0.39 is 5.41 Å². The first-order chi connectivity index (χ1) is 28.2. The lowest BCUT2D eigenvalue weighted by Crippen LogP contribution is -2.32. The summed E-state index contributed by atoms with van der Waals surface area (Å²) in [6, 6.07) is 70.1. The number of benzene rings is 8. The summed E-state index contributed by atoms with van der Waals surface area (Å²) >= 11 is 0. The van der Waals surface area contributed by atoms with Gasteiger partial charge in [-0.3, -0.25) is 0 Å². The maximum atomic E-state index is 7.00. The highest BCUT2D eigenvalue weighted by atomic mass is 16.5. The molecule has 0 amide bonds. The summed E-state index contributed by atoms with van der Waals surface area (Å²) in [5, 5.41) is 0. The topological polar surface area (TPSA) is 61.0 Å². The van der Waals surface area contributed by atoms with Crippen LogP contribution in [0.25, 0.3) is 67.3 Å². The third kappa shape index (κ3) is 5.15. The molecule has 0 saturated heterocycles. The zero-order valence-electron chi connectivity index (χ0n) is 30.9. The van der Waals surface area contributed by atoms with Gasteiger partial charge in [-0.05, 0) is 63.2 Å². The van der Waals surface area contributed by atoms with E-state index in [4.69, 9.17) is 20.4 Å². The second-order valence-corrected chi connectivity index (χ2v) is 14.7. The van der Waals surface area contributed by atoms with Crippen molar-refractivity contribution in [3.05, 3.63) is 222 Å². The molecule has 0 radical (unpaired) electrons. The van der Waals surface area contributed by atoms with Gasteiger partial charge in [-0.2, -0.15) is 0 Å². The lowest BCUT2D eigenvalue weighted by Gasteiger charge is -2.40. The van der Waals surface area contributed by atoms with Crippen molar-refractivity contribution in [3.8, 4) is 78.8 Å². The lowest BCUT2D eigenvalue weighted by molar-refractivity contribution is 0.440. The van der Waals surface area contributed by atoms with Crippen molar-refractivity contribution in [1.82, 2.24) is 9.97 Å². The van der Waals surface area contributed by atoms with E-state index in [1.54, 1.807) is 0 Å². The maximum absolute atomic E-state index is 7.00. The molecule has 1 aliphatic heterocycles. The highest BCUT2D eigenvalue weighted by molar-refractivity contribution is 5.91. The summed E-state index contributed by atoms with van der Waals surface area (Å²) in [6.45, 7) is 0. The highest BCUT2D eigenvalue weighted by Gasteiger charge is 2.51. The van der Waals surface area contributed by atoms with Crippen molar-refractivity contribution < 1.29 is 4.74 Å². The van der Waals surface area contributed by atoms with E-state index in [9.17, 15) is 0 Å². The molecule has 0 unspecified atom stereocenters. The van der Waals surface area contributed by atoms with Gasteiger partial charge in [-0.15, -0.1) is 0 Å². The van der Waals surface area contributed by atoms with Crippen LogP contribution in [0.1, 0.15) is 22.3 Å². The third-order valence-electron chi connectivity index (χ3n) is 11.5. The number of ether oxygens (including phenoxy) is 1. The molecule has 57 heavy (non-hydrogen) atoms. The lowest BCUT2D eigenvalue weighted by atomic mass is 9.65. The van der Waals surface area contributed by atoms with E-state index in [1.807, 2.05) is 36.4 Å². The third-order valence-corrected chi connectivity index (χ3v) is 11.5. The van der Waals surface area contributed by atoms with Crippen molar-refractivity contribution >= 4 is 5.69 Å². The molecule has 11 rings (SSSR count). The fourth-order valence-corrected chi connectivity index (χ4v) is 8.99. The van der Waals surface area contributed by atoms with Crippen LogP contribution in [0.5, 0.6) is 11.5 Å². The van der Waals surface area contributed by atoms with E-state index in [0.29, 0.717) is 17.3 Å². The largest absolute Gasteiger partial charge is 0.454 e. The smallest absolute Gasteiger partial charge is 0.160 e. The van der Waals surface area contributed by atoms with Gasteiger partial charge in [0.05, 0.1) is 22.5 Å². The van der Waals surface area contributed by atoms with Crippen molar-refractivity contribution in [2.24, 2.45) is 0 Å². The van der Waals surface area contributed by atoms with Gasteiger partial charge in [0.15, 0.2) is 11.6 Å². The number of nitrogen functional groups attached to an aromatic ring is 1. The minimum atomic E-state index is -0.616. The number of fused-ring (bicyclic) bond motifs is 9. The Morgan fingerprint density at radius 2 is 0.825 bits per heavy atom. The average molecular weight is 730 g/mol. The van der Waals surface area contributed by atoms with Crippen LogP contribution in [0.2, 0.25) is 0 Å². The number of hydrogen-bond donors (Lipinski definition) is 1. The molecule has 4 heteroatoms. The molecule has 8 aromatic carbocycles. The van der Waals surface area contributed by atoms with Gasteiger partial charge in [0, 0.05) is 33.4 Å². The van der Waals surface area contributed by atoms with Gasteiger partial charge >= 0.3 is 0 Å². The fraction of sp³-hybridized carbons (Fsp3) is 0.0189. The Morgan fingerprint density at radius 3 is 1.54 bits per heavy atom. The number of anilines is 1. The second kappa shape index (κ2) is 13.0. The Morgan fingerprint density at radius 1 is 0.351 bits per heavy atom. The number of nitrogens with zero attached hydrogens (tertiary/aromatic N) is 2. The minimum absolute atomic E-state index is 0.609. The SMILES string of the molecule is Nc1cccc2c1Oc1c(-c3cccc(-c4nc(-c5ccccc5)cc(-c5cccc(-c6ccccc6)c5)n4)c3)cccc1C21c2ccccc2-c2ccccc21. The first-order valence-corrected chi connectivity index (χ1v) is 19.3. The van der Waals surface area contributed by atoms with Crippen LogP contribution in [0.15, 0.2) is 200 Å². The van der Waals surface area contributed by atoms with Crippen LogP contribution in [0.3, 0.4) is 0 Å². The number of hydrogen-bond acceptors (Lipinski definition) is 4. The maximum Gasteiger partial charge on any atom is 0.160 e. The van der Waals surface area contributed by atoms with Crippen molar-refractivity contribution in [2.75, 3.05) is 5.73 Å². The molecule has 0 atom stereocenters. The van der Waals surface area contributed by atoms with Crippen LogP contribution in [-0.2, 0) is 5.41 Å². The van der Waals surface area contributed by atoms with Crippen molar-refractivity contribution in [3.63, 3.8) is 0 Å². The second-order valence-electron chi connectivity index (χ2n) is 14.7. The first-order valence-electron chi connectivity index (χ1n) is 19.3. The van der Waals surface area contributed by atoms with E-state index >= 15 is 0 Å². The van der Waals surface area contributed by atoms with E-state index in [2.05, 4.69) is 164 Å². The molecular formula is C53H35N3O. The zero-order valence-corrected chi connectivity index (χ0v) is 30.9. The quantitative estimate of drug-likeness (QED) is 0.179. The molecular weight excluding hydrogens is 695 g/mol. The fourth-order valence-electron chi connectivity index (χ4n) is 8.99. The summed E-state index contributed by atoms with van der Waals surface area (Å²) < 4.78 is 7.00. The van der Waals surface area contributed by atoms with Gasteiger partial charge in [-0.25, -0.2) is 9.97 Å². The molecule has 2 heterocycles. The molecule has 2 N–H and O–H groups in total. The van der Waals surface area contributed by atoms with Crippen molar-refractivity contribution in [2.45, 2.75) is 5.41 Å². The van der Waals surface area contributed by atoms with Crippen LogP contribution in [0, 0.1) is 0 Å². The Bertz CT molecular complexity index is 2960. The molecule has 2 aliphatic rings. The number of para-hydroxylation sites is 2. The summed E-state index contributed by atoms with van der Waals surface area (Å²) in [4.78, 5) is 10.4. The van der Waals surface area contributed by atoms with Crippen LogP contribution in [-0.4, -0.2) is 9.97 Å². The average Bonchev–Trinajstić information content (AvgIpc) is 3.58. The summed E-state index contributed by atoms with van der Waals surface area (Å²) in [5.41, 5.74) is 22.8. The highest BCUT2D eigenvalue weighted by Crippen LogP contribution is 2.64. The molecule has 1 spiro atoms. The predicted molar refractivity (Wildman–Crippen MR) is 231 cm³/mol. The monoisotopic (exact) mass is 729 g/mol. The molecule has 1 aliphatic carbocycles.